The number of esters is 1. The number of hydrogen-bond acceptors (Lipinski definition) is 5. The predicted molar refractivity (Wildman–Crippen MR) is 88.4 cm³/mol. The number of nitrogens with zero attached hydrogens (tertiary/aromatic N) is 1. The molecule has 0 spiro atoms. The summed E-state index contributed by atoms with van der Waals surface area (Å²) in [4.78, 5) is 25.9. The van der Waals surface area contributed by atoms with Crippen molar-refractivity contribution in [3.63, 3.8) is 0 Å². The third-order valence-corrected chi connectivity index (χ3v) is 4.41. The van der Waals surface area contributed by atoms with Crippen molar-refractivity contribution in [1.82, 2.24) is 4.40 Å². The van der Waals surface area contributed by atoms with Crippen LogP contribution in [-0.2, 0) is 11.2 Å². The average molecular weight is 329 g/mol. The largest absolute Gasteiger partial charge is 0.493 e. The van der Waals surface area contributed by atoms with Crippen molar-refractivity contribution in [1.29, 1.82) is 0 Å². The topological polar surface area (TPSA) is 68.0 Å². The van der Waals surface area contributed by atoms with E-state index in [0.717, 1.165) is 4.88 Å². The van der Waals surface area contributed by atoms with Crippen molar-refractivity contribution in [3.05, 3.63) is 68.1 Å². The fraction of sp³-hybridized carbons (Fsp3) is 0.176. The molecule has 0 saturated heterocycles. The fourth-order valence-corrected chi connectivity index (χ4v) is 3.23. The van der Waals surface area contributed by atoms with Gasteiger partial charge in [0.1, 0.15) is 0 Å². The van der Waals surface area contributed by atoms with E-state index in [2.05, 4.69) is 0 Å². The van der Waals surface area contributed by atoms with Gasteiger partial charge in [0.2, 0.25) is 11.3 Å². The monoisotopic (exact) mass is 329 g/mol. The molecule has 0 unspecified atom stereocenters. The second-order valence-electron chi connectivity index (χ2n) is 4.94. The summed E-state index contributed by atoms with van der Waals surface area (Å²) in [6.45, 7) is 1.79. The van der Waals surface area contributed by atoms with Gasteiger partial charge in [0.05, 0.1) is 12.1 Å². The minimum absolute atomic E-state index is 0.134. The lowest BCUT2D eigenvalue weighted by molar-refractivity contribution is 0.0520. The number of thiophene rings is 1. The van der Waals surface area contributed by atoms with Crippen LogP contribution < -0.4 is 5.43 Å². The molecule has 3 rings (SSSR count). The van der Waals surface area contributed by atoms with Gasteiger partial charge in [-0.15, -0.1) is 11.3 Å². The first kappa shape index (κ1) is 15.3. The molecule has 0 bridgehead atoms. The molecular formula is C17H15NO4S. The maximum atomic E-state index is 12.8. The molecule has 0 aromatic carbocycles. The molecule has 3 heterocycles. The van der Waals surface area contributed by atoms with Gasteiger partial charge in [0, 0.05) is 23.1 Å². The van der Waals surface area contributed by atoms with Crippen molar-refractivity contribution in [2.45, 2.75) is 13.3 Å². The summed E-state index contributed by atoms with van der Waals surface area (Å²) in [5.74, 6) is -1.19. The Kier molecular flexibility index (Phi) is 4.16. The molecule has 6 heteroatoms. The average Bonchev–Trinajstić information content (AvgIpc) is 3.05. The highest BCUT2D eigenvalue weighted by atomic mass is 32.1. The molecule has 0 fully saturated rings. The van der Waals surface area contributed by atoms with Crippen LogP contribution in [0.2, 0.25) is 0 Å². The second kappa shape index (κ2) is 6.26. The Bertz CT molecular complexity index is 912. The first-order valence-electron chi connectivity index (χ1n) is 7.18. The van der Waals surface area contributed by atoms with Crippen LogP contribution in [-0.4, -0.2) is 22.1 Å². The summed E-state index contributed by atoms with van der Waals surface area (Å²) in [5, 5.41) is 12.3. The van der Waals surface area contributed by atoms with Gasteiger partial charge in [-0.3, -0.25) is 9.20 Å². The van der Waals surface area contributed by atoms with E-state index >= 15 is 0 Å². The number of carbonyl (C=O) groups is 1. The molecule has 0 aliphatic rings. The van der Waals surface area contributed by atoms with E-state index in [1.54, 1.807) is 31.3 Å². The van der Waals surface area contributed by atoms with Gasteiger partial charge in [-0.1, -0.05) is 12.1 Å². The van der Waals surface area contributed by atoms with Crippen LogP contribution >= 0.6 is 11.3 Å². The van der Waals surface area contributed by atoms with Crippen molar-refractivity contribution in [2.24, 2.45) is 0 Å². The molecule has 1 N–H and O–H groups in total. The summed E-state index contributed by atoms with van der Waals surface area (Å²) in [6.07, 6.45) is 2.02. The summed E-state index contributed by atoms with van der Waals surface area (Å²) < 4.78 is 6.36. The standard InChI is InChI=1S/C17H15NO4S/c1-2-22-17(21)14-15(19)12(10-11-6-5-9-23-11)13-7-3-4-8-18(13)16(14)20/h3-9,20H,2,10H2,1H3. The smallest absolute Gasteiger partial charge is 0.347 e. The molecule has 0 saturated carbocycles. The lowest BCUT2D eigenvalue weighted by atomic mass is 10.1. The minimum Gasteiger partial charge on any atom is -0.493 e. The van der Waals surface area contributed by atoms with Crippen molar-refractivity contribution in [3.8, 4) is 5.88 Å². The molecule has 118 valence electrons. The molecule has 0 radical (unpaired) electrons. The molecule has 3 aromatic rings. The molecule has 23 heavy (non-hydrogen) atoms. The molecule has 0 aliphatic carbocycles. The Morgan fingerprint density at radius 1 is 1.30 bits per heavy atom. The van der Waals surface area contributed by atoms with Gasteiger partial charge in [-0.05, 0) is 30.5 Å². The zero-order valence-electron chi connectivity index (χ0n) is 12.5. The number of fused-ring (bicyclic) bond motifs is 1. The zero-order valence-corrected chi connectivity index (χ0v) is 13.3. The third-order valence-electron chi connectivity index (χ3n) is 3.53. The van der Waals surface area contributed by atoms with E-state index in [9.17, 15) is 14.7 Å². The summed E-state index contributed by atoms with van der Waals surface area (Å²) in [6, 6.07) is 9.10. The van der Waals surface area contributed by atoms with Gasteiger partial charge >= 0.3 is 5.97 Å². The Hall–Kier alpha value is -2.60. The van der Waals surface area contributed by atoms with Crippen LogP contribution in [0.5, 0.6) is 5.88 Å². The van der Waals surface area contributed by atoms with Crippen LogP contribution in [0.3, 0.4) is 0 Å². The number of aromatic nitrogens is 1. The van der Waals surface area contributed by atoms with Gasteiger partial charge in [-0.25, -0.2) is 4.79 Å². The molecular weight excluding hydrogens is 314 g/mol. The van der Waals surface area contributed by atoms with E-state index in [1.165, 1.54) is 15.7 Å². The van der Waals surface area contributed by atoms with E-state index in [4.69, 9.17) is 4.74 Å². The second-order valence-corrected chi connectivity index (χ2v) is 5.97. The minimum atomic E-state index is -0.805. The summed E-state index contributed by atoms with van der Waals surface area (Å²) >= 11 is 1.54. The molecule has 0 atom stereocenters. The van der Waals surface area contributed by atoms with Gasteiger partial charge in [-0.2, -0.15) is 0 Å². The Labute approximate surface area is 136 Å². The quantitative estimate of drug-likeness (QED) is 0.747. The van der Waals surface area contributed by atoms with Gasteiger partial charge < -0.3 is 9.84 Å². The molecule has 5 nitrogen and oxygen atoms in total. The van der Waals surface area contributed by atoms with E-state index in [1.807, 2.05) is 17.5 Å². The van der Waals surface area contributed by atoms with E-state index in [-0.39, 0.29) is 18.1 Å². The van der Waals surface area contributed by atoms with Crippen LogP contribution in [0.25, 0.3) is 5.52 Å². The third kappa shape index (κ3) is 2.73. The van der Waals surface area contributed by atoms with E-state index < -0.39 is 11.4 Å². The number of rotatable bonds is 4. The lowest BCUT2D eigenvalue weighted by Gasteiger charge is -2.12. The maximum Gasteiger partial charge on any atom is 0.347 e. The van der Waals surface area contributed by atoms with Crippen molar-refractivity contribution in [2.75, 3.05) is 6.61 Å². The number of hydrogen-bond donors (Lipinski definition) is 1. The lowest BCUT2D eigenvalue weighted by Crippen LogP contribution is -2.23. The van der Waals surface area contributed by atoms with Gasteiger partial charge in [0.25, 0.3) is 0 Å². The number of pyridine rings is 2. The van der Waals surface area contributed by atoms with Gasteiger partial charge in [0.15, 0.2) is 5.56 Å². The van der Waals surface area contributed by atoms with Crippen LogP contribution in [0.4, 0.5) is 0 Å². The maximum absolute atomic E-state index is 12.8. The van der Waals surface area contributed by atoms with Crippen LogP contribution in [0.15, 0.2) is 46.7 Å². The highest BCUT2D eigenvalue weighted by Gasteiger charge is 2.23. The normalized spacial score (nSPS) is 10.8. The first-order valence-corrected chi connectivity index (χ1v) is 8.06. The highest BCUT2D eigenvalue weighted by molar-refractivity contribution is 7.09. The molecule has 0 amide bonds. The fourth-order valence-electron chi connectivity index (χ4n) is 2.51. The van der Waals surface area contributed by atoms with E-state index in [0.29, 0.717) is 17.5 Å². The van der Waals surface area contributed by atoms with Crippen molar-refractivity contribution >= 4 is 22.8 Å². The summed E-state index contributed by atoms with van der Waals surface area (Å²) in [7, 11) is 0. The Balaban J connectivity index is 2.28. The molecule has 3 aromatic heterocycles. The predicted octanol–water partition coefficient (Wildman–Crippen LogP) is 2.83. The SMILES string of the molecule is CCOC(=O)c1c(O)n2ccccc2c(Cc2cccs2)c1=O. The van der Waals surface area contributed by atoms with Crippen LogP contribution in [0, 0.1) is 0 Å². The van der Waals surface area contributed by atoms with Crippen molar-refractivity contribution < 1.29 is 14.6 Å². The number of aromatic hydroxyl groups is 1. The first-order chi connectivity index (χ1) is 11.1. The Morgan fingerprint density at radius 3 is 2.83 bits per heavy atom. The summed E-state index contributed by atoms with van der Waals surface area (Å²) in [5.41, 5.74) is 0.244. The molecule has 0 aliphatic heterocycles. The zero-order chi connectivity index (χ0) is 16.4. The Morgan fingerprint density at radius 2 is 2.13 bits per heavy atom. The number of ether oxygens (including phenoxy) is 1. The van der Waals surface area contributed by atoms with Crippen LogP contribution in [0.1, 0.15) is 27.7 Å². The highest BCUT2D eigenvalue weighted by Crippen LogP contribution is 2.23. The number of carbonyl (C=O) groups excluding carboxylic acids is 1.